The van der Waals surface area contributed by atoms with E-state index in [-0.39, 0.29) is 0 Å². The van der Waals surface area contributed by atoms with E-state index in [1.807, 2.05) is 36.4 Å². The molecule has 3 aromatic rings. The van der Waals surface area contributed by atoms with E-state index in [9.17, 15) is 0 Å². The zero-order valence-corrected chi connectivity index (χ0v) is 12.4. The summed E-state index contributed by atoms with van der Waals surface area (Å²) >= 11 is 7.78. The largest absolute Gasteiger partial charge is 0.338 e. The quantitative estimate of drug-likeness (QED) is 0.709. The zero-order valence-electron chi connectivity index (χ0n) is 10.8. The first-order chi connectivity index (χ1) is 9.78. The maximum absolute atomic E-state index is 6.07. The van der Waals surface area contributed by atoms with Crippen LogP contribution in [-0.2, 0) is 0 Å². The predicted molar refractivity (Wildman–Crippen MR) is 86.1 cm³/mol. The molecule has 3 rings (SSSR count). The smallest absolute Gasteiger partial charge is 0.161 e. The molecule has 1 aromatic heterocycles. The van der Waals surface area contributed by atoms with Crippen LogP contribution in [0.1, 0.15) is 0 Å². The molecule has 0 aliphatic carbocycles. The summed E-state index contributed by atoms with van der Waals surface area (Å²) in [5.74, 6) is 0.711. The molecule has 0 amide bonds. The van der Waals surface area contributed by atoms with Gasteiger partial charge in [-0.05, 0) is 24.5 Å². The minimum atomic E-state index is 0.420. The average Bonchev–Trinajstić information content (AvgIpc) is 2.51. The molecular formula is C15H12ClN3S. The van der Waals surface area contributed by atoms with Crippen LogP contribution in [0.5, 0.6) is 0 Å². The molecule has 0 atom stereocenters. The van der Waals surface area contributed by atoms with Crippen molar-refractivity contribution in [1.29, 1.82) is 0 Å². The SMILES string of the molecule is CSc1cccc(Nc2nnc(Cl)c3ccccc23)c1. The van der Waals surface area contributed by atoms with Crippen LogP contribution < -0.4 is 5.32 Å². The molecule has 0 unspecified atom stereocenters. The Morgan fingerprint density at radius 2 is 1.80 bits per heavy atom. The van der Waals surface area contributed by atoms with Gasteiger partial charge in [-0.2, -0.15) is 0 Å². The first-order valence-electron chi connectivity index (χ1n) is 6.10. The first kappa shape index (κ1) is 13.2. The van der Waals surface area contributed by atoms with Crippen LogP contribution in [0.15, 0.2) is 53.4 Å². The van der Waals surface area contributed by atoms with Gasteiger partial charge in [0.15, 0.2) is 11.0 Å². The molecule has 0 saturated carbocycles. The van der Waals surface area contributed by atoms with Gasteiger partial charge in [0.1, 0.15) is 0 Å². The van der Waals surface area contributed by atoms with E-state index in [1.54, 1.807) is 11.8 Å². The van der Waals surface area contributed by atoms with Crippen molar-refractivity contribution in [3.05, 3.63) is 53.7 Å². The number of hydrogen-bond acceptors (Lipinski definition) is 4. The highest BCUT2D eigenvalue weighted by molar-refractivity contribution is 7.98. The fourth-order valence-electron chi connectivity index (χ4n) is 2.00. The maximum Gasteiger partial charge on any atom is 0.161 e. The van der Waals surface area contributed by atoms with Gasteiger partial charge in [-0.25, -0.2) is 0 Å². The monoisotopic (exact) mass is 301 g/mol. The third-order valence-corrected chi connectivity index (χ3v) is 3.98. The Kier molecular flexibility index (Phi) is 3.76. The fraction of sp³-hybridized carbons (Fsp3) is 0.0667. The molecule has 0 spiro atoms. The molecular weight excluding hydrogens is 290 g/mol. The lowest BCUT2D eigenvalue weighted by molar-refractivity contribution is 1.05. The number of fused-ring (bicyclic) bond motifs is 1. The summed E-state index contributed by atoms with van der Waals surface area (Å²) in [6.07, 6.45) is 2.05. The van der Waals surface area contributed by atoms with Crippen molar-refractivity contribution in [3.8, 4) is 0 Å². The Morgan fingerprint density at radius 1 is 1.00 bits per heavy atom. The van der Waals surface area contributed by atoms with Gasteiger partial charge in [-0.3, -0.25) is 0 Å². The van der Waals surface area contributed by atoms with Crippen LogP contribution in [0.3, 0.4) is 0 Å². The Hall–Kier alpha value is -1.78. The number of halogens is 1. The third kappa shape index (κ3) is 2.57. The van der Waals surface area contributed by atoms with Gasteiger partial charge in [-0.1, -0.05) is 41.9 Å². The molecule has 3 nitrogen and oxygen atoms in total. The lowest BCUT2D eigenvalue weighted by Gasteiger charge is -2.09. The van der Waals surface area contributed by atoms with Gasteiger partial charge in [0.2, 0.25) is 0 Å². The van der Waals surface area contributed by atoms with E-state index in [4.69, 9.17) is 11.6 Å². The lowest BCUT2D eigenvalue weighted by Crippen LogP contribution is -1.97. The minimum Gasteiger partial charge on any atom is -0.338 e. The van der Waals surface area contributed by atoms with Gasteiger partial charge >= 0.3 is 0 Å². The second kappa shape index (κ2) is 5.69. The minimum absolute atomic E-state index is 0.420. The van der Waals surface area contributed by atoms with Crippen LogP contribution in [0.4, 0.5) is 11.5 Å². The van der Waals surface area contributed by atoms with Crippen LogP contribution >= 0.6 is 23.4 Å². The van der Waals surface area contributed by atoms with Crippen LogP contribution in [0, 0.1) is 0 Å². The summed E-state index contributed by atoms with van der Waals surface area (Å²) in [5.41, 5.74) is 0.985. The van der Waals surface area contributed by atoms with E-state index in [0.717, 1.165) is 16.5 Å². The Labute approximate surface area is 126 Å². The third-order valence-electron chi connectivity index (χ3n) is 2.97. The molecule has 2 aromatic carbocycles. The highest BCUT2D eigenvalue weighted by atomic mass is 35.5. The van der Waals surface area contributed by atoms with E-state index in [2.05, 4.69) is 33.9 Å². The number of nitrogens with zero attached hydrogens (tertiary/aromatic N) is 2. The van der Waals surface area contributed by atoms with Crippen molar-refractivity contribution in [3.63, 3.8) is 0 Å². The molecule has 0 bridgehead atoms. The van der Waals surface area contributed by atoms with Crippen LogP contribution in [-0.4, -0.2) is 16.5 Å². The topological polar surface area (TPSA) is 37.8 Å². The number of benzene rings is 2. The molecule has 0 radical (unpaired) electrons. The van der Waals surface area contributed by atoms with Gasteiger partial charge in [0.05, 0.1) is 0 Å². The fourth-order valence-corrected chi connectivity index (χ4v) is 2.66. The van der Waals surface area contributed by atoms with Crippen LogP contribution in [0.2, 0.25) is 5.15 Å². The number of aromatic nitrogens is 2. The molecule has 5 heteroatoms. The van der Waals surface area contributed by atoms with Crippen molar-refractivity contribution in [1.82, 2.24) is 10.2 Å². The van der Waals surface area contributed by atoms with Crippen molar-refractivity contribution in [2.75, 3.05) is 11.6 Å². The lowest BCUT2D eigenvalue weighted by atomic mass is 10.2. The summed E-state index contributed by atoms with van der Waals surface area (Å²) in [7, 11) is 0. The summed E-state index contributed by atoms with van der Waals surface area (Å²) in [5, 5.41) is 13.7. The molecule has 1 heterocycles. The normalized spacial score (nSPS) is 10.7. The molecule has 0 aliphatic rings. The number of rotatable bonds is 3. The highest BCUT2D eigenvalue weighted by Gasteiger charge is 2.07. The van der Waals surface area contributed by atoms with Gasteiger partial charge in [-0.15, -0.1) is 22.0 Å². The number of hydrogen-bond donors (Lipinski definition) is 1. The summed E-state index contributed by atoms with van der Waals surface area (Å²) in [6, 6.07) is 16.0. The van der Waals surface area contributed by atoms with E-state index in [0.29, 0.717) is 11.0 Å². The Bertz CT molecular complexity index is 761. The Morgan fingerprint density at radius 3 is 2.60 bits per heavy atom. The van der Waals surface area contributed by atoms with Gasteiger partial charge < -0.3 is 5.32 Å². The van der Waals surface area contributed by atoms with Gasteiger partial charge in [0.25, 0.3) is 0 Å². The van der Waals surface area contributed by atoms with Crippen molar-refractivity contribution in [2.24, 2.45) is 0 Å². The number of thioether (sulfide) groups is 1. The maximum atomic E-state index is 6.07. The number of nitrogens with one attached hydrogen (secondary N) is 1. The highest BCUT2D eigenvalue weighted by Crippen LogP contribution is 2.28. The second-order valence-electron chi connectivity index (χ2n) is 4.24. The zero-order chi connectivity index (χ0) is 13.9. The average molecular weight is 302 g/mol. The van der Waals surface area contributed by atoms with Crippen molar-refractivity contribution >= 4 is 45.6 Å². The molecule has 0 fully saturated rings. The molecule has 0 aliphatic heterocycles. The van der Waals surface area contributed by atoms with Crippen LogP contribution in [0.25, 0.3) is 10.8 Å². The number of anilines is 2. The second-order valence-corrected chi connectivity index (χ2v) is 5.48. The van der Waals surface area contributed by atoms with E-state index in [1.165, 1.54) is 4.90 Å². The van der Waals surface area contributed by atoms with Crippen molar-refractivity contribution in [2.45, 2.75) is 4.90 Å². The van der Waals surface area contributed by atoms with Gasteiger partial charge in [0, 0.05) is 21.4 Å². The summed E-state index contributed by atoms with van der Waals surface area (Å²) in [4.78, 5) is 1.20. The van der Waals surface area contributed by atoms with Crippen molar-refractivity contribution < 1.29 is 0 Å². The first-order valence-corrected chi connectivity index (χ1v) is 7.70. The standard InChI is InChI=1S/C15H12ClN3S/c1-20-11-6-4-5-10(9-11)17-15-13-8-3-2-7-12(13)14(16)18-19-15/h2-9H,1H3,(H,17,19). The molecule has 20 heavy (non-hydrogen) atoms. The molecule has 1 N–H and O–H groups in total. The Balaban J connectivity index is 2.04. The predicted octanol–water partition coefficient (Wildman–Crippen LogP) is 4.75. The summed E-state index contributed by atoms with van der Waals surface area (Å²) < 4.78 is 0. The molecule has 0 saturated heterocycles. The summed E-state index contributed by atoms with van der Waals surface area (Å²) in [6.45, 7) is 0. The molecule has 100 valence electrons. The van der Waals surface area contributed by atoms with E-state index >= 15 is 0 Å². The van der Waals surface area contributed by atoms with E-state index < -0.39 is 0 Å².